The Morgan fingerprint density at radius 2 is 2.33 bits per heavy atom. The minimum absolute atomic E-state index is 0.0377. The number of hydrogen-bond acceptors (Lipinski definition) is 4. The summed E-state index contributed by atoms with van der Waals surface area (Å²) in [6.45, 7) is 2.05. The summed E-state index contributed by atoms with van der Waals surface area (Å²) in [6.07, 6.45) is 0. The summed E-state index contributed by atoms with van der Waals surface area (Å²) < 4.78 is 2.25. The van der Waals surface area contributed by atoms with Gasteiger partial charge in [0.15, 0.2) is 0 Å². The van der Waals surface area contributed by atoms with Crippen LogP contribution in [0, 0.1) is 0 Å². The van der Waals surface area contributed by atoms with E-state index in [1.807, 2.05) is 0 Å². The van der Waals surface area contributed by atoms with Crippen LogP contribution in [0.25, 0.3) is 0 Å². The highest BCUT2D eigenvalue weighted by Gasteiger charge is 1.95. The number of rotatable bonds is 4. The Kier molecular flexibility index (Phi) is 7.02. The fraction of sp³-hybridized carbons (Fsp3) is 0.750. The first-order valence-electron chi connectivity index (χ1n) is 2.48. The molecule has 0 fully saturated rings. The Morgan fingerprint density at radius 3 is 2.78 bits per heavy atom. The van der Waals surface area contributed by atoms with Gasteiger partial charge in [-0.2, -0.15) is 0 Å². The molecule has 0 aromatic heterocycles. The van der Waals surface area contributed by atoms with Crippen LogP contribution in [0.4, 0.5) is 0 Å². The summed E-state index contributed by atoms with van der Waals surface area (Å²) in [5.74, 6) is 1.48. The second kappa shape index (κ2) is 6.64. The summed E-state index contributed by atoms with van der Waals surface area (Å²) in [4.78, 5) is 10.5. The summed E-state index contributed by atoms with van der Waals surface area (Å²) in [5, 5.41) is 0. The second-order valence-corrected chi connectivity index (χ2v) is 4.18. The molecule has 0 aliphatic carbocycles. The van der Waals surface area contributed by atoms with Crippen LogP contribution in [-0.2, 0) is 4.79 Å². The number of nitrogens with one attached hydrogen (secondary N) is 1. The van der Waals surface area contributed by atoms with Crippen LogP contribution in [-0.4, -0.2) is 17.4 Å². The van der Waals surface area contributed by atoms with E-state index in [1.165, 1.54) is 0 Å². The first-order valence-corrected chi connectivity index (χ1v) is 5.42. The number of hydrogen-bond donors (Lipinski definition) is 2. The van der Waals surface area contributed by atoms with Gasteiger partial charge in [0.25, 0.3) is 0 Å². The fourth-order valence-electron chi connectivity index (χ4n) is 0.211. The van der Waals surface area contributed by atoms with E-state index in [2.05, 4.69) is 24.5 Å². The van der Waals surface area contributed by atoms with Gasteiger partial charge in [-0.1, -0.05) is 41.3 Å². The highest BCUT2D eigenvalue weighted by Crippen LogP contribution is 2.19. The molecule has 0 saturated heterocycles. The van der Waals surface area contributed by atoms with E-state index >= 15 is 0 Å². The van der Waals surface area contributed by atoms with Gasteiger partial charge in [0.2, 0.25) is 5.91 Å². The maximum absolute atomic E-state index is 10.5. The van der Waals surface area contributed by atoms with Gasteiger partial charge < -0.3 is 4.72 Å². The number of carbonyl (C=O) groups excluding carboxylic acids is 1. The van der Waals surface area contributed by atoms with Gasteiger partial charge in [0.1, 0.15) is 0 Å². The molecule has 9 heavy (non-hydrogen) atoms. The van der Waals surface area contributed by atoms with Crippen molar-refractivity contribution in [3.8, 4) is 0 Å². The van der Waals surface area contributed by atoms with E-state index in [0.29, 0.717) is 5.75 Å². The highest BCUT2D eigenvalue weighted by atomic mass is 33.1. The molecule has 0 atom stereocenters. The Hall–Kier alpha value is 0.520. The van der Waals surface area contributed by atoms with Crippen molar-refractivity contribution in [2.24, 2.45) is 0 Å². The van der Waals surface area contributed by atoms with Gasteiger partial charge in [-0.3, -0.25) is 4.79 Å². The first-order chi connectivity index (χ1) is 4.31. The molecule has 1 amide bonds. The topological polar surface area (TPSA) is 29.1 Å². The van der Waals surface area contributed by atoms with Crippen molar-refractivity contribution in [3.63, 3.8) is 0 Å². The van der Waals surface area contributed by atoms with Crippen molar-refractivity contribution < 1.29 is 4.79 Å². The van der Waals surface area contributed by atoms with E-state index in [1.54, 1.807) is 21.6 Å². The normalized spacial score (nSPS) is 9.11. The van der Waals surface area contributed by atoms with Crippen LogP contribution in [0.2, 0.25) is 0 Å². The van der Waals surface area contributed by atoms with Crippen LogP contribution in [0.3, 0.4) is 0 Å². The first kappa shape index (κ1) is 9.52. The zero-order valence-corrected chi connectivity index (χ0v) is 7.61. The molecule has 0 spiro atoms. The van der Waals surface area contributed by atoms with Crippen molar-refractivity contribution in [2.75, 3.05) is 11.5 Å². The molecule has 5 heteroatoms. The molecule has 0 unspecified atom stereocenters. The number of carbonyl (C=O) groups is 1. The summed E-state index contributed by atoms with van der Waals surface area (Å²) in [7, 11) is 3.22. The third-order valence-corrected chi connectivity index (χ3v) is 3.11. The van der Waals surface area contributed by atoms with E-state index in [0.717, 1.165) is 5.75 Å². The third-order valence-electron chi connectivity index (χ3n) is 0.516. The average molecular weight is 183 g/mol. The molecule has 0 rings (SSSR count). The molecule has 0 radical (unpaired) electrons. The highest BCUT2D eigenvalue weighted by molar-refractivity contribution is 8.76. The quantitative estimate of drug-likeness (QED) is 0.392. The van der Waals surface area contributed by atoms with Crippen LogP contribution < -0.4 is 4.72 Å². The molecule has 1 N–H and O–H groups in total. The average Bonchev–Trinajstić information content (AvgIpc) is 1.89. The van der Waals surface area contributed by atoms with Gasteiger partial charge in [-0.25, -0.2) is 0 Å². The predicted molar refractivity (Wildman–Crippen MR) is 47.7 cm³/mol. The molecule has 0 saturated carbocycles. The SMILES string of the molecule is CCSSCC(=O)NS. The molecule has 2 nitrogen and oxygen atoms in total. The lowest BCUT2D eigenvalue weighted by atomic mass is 10.8. The van der Waals surface area contributed by atoms with Gasteiger partial charge in [0.05, 0.1) is 5.75 Å². The Morgan fingerprint density at radius 1 is 1.67 bits per heavy atom. The number of amides is 1. The van der Waals surface area contributed by atoms with Crippen molar-refractivity contribution in [1.82, 2.24) is 4.72 Å². The van der Waals surface area contributed by atoms with Crippen molar-refractivity contribution in [2.45, 2.75) is 6.92 Å². The molecule has 0 heterocycles. The third kappa shape index (κ3) is 6.40. The lowest BCUT2D eigenvalue weighted by Gasteiger charge is -1.94. The fourth-order valence-corrected chi connectivity index (χ4v) is 1.90. The second-order valence-electron chi connectivity index (χ2n) is 1.20. The zero-order valence-electron chi connectivity index (χ0n) is 5.09. The smallest absolute Gasteiger partial charge is 0.240 e. The molecular weight excluding hydrogens is 174 g/mol. The van der Waals surface area contributed by atoms with Crippen LogP contribution >= 0.6 is 34.4 Å². The maximum Gasteiger partial charge on any atom is 0.240 e. The lowest BCUT2D eigenvalue weighted by molar-refractivity contribution is -0.116. The zero-order chi connectivity index (χ0) is 7.11. The molecule has 0 aromatic rings. The number of thiol groups is 1. The van der Waals surface area contributed by atoms with Crippen LogP contribution in [0.15, 0.2) is 0 Å². The lowest BCUT2D eigenvalue weighted by Crippen LogP contribution is -2.13. The molecular formula is C4H9NOS3. The molecule has 0 aromatic carbocycles. The summed E-state index contributed by atoms with van der Waals surface area (Å²) in [5.41, 5.74) is 0. The molecule has 54 valence electrons. The minimum Gasteiger partial charge on any atom is -0.302 e. The van der Waals surface area contributed by atoms with Gasteiger partial charge >= 0.3 is 0 Å². The molecule has 0 bridgehead atoms. The maximum atomic E-state index is 10.5. The van der Waals surface area contributed by atoms with Gasteiger partial charge in [-0.05, 0) is 0 Å². The summed E-state index contributed by atoms with van der Waals surface area (Å²) >= 11 is 3.60. The van der Waals surface area contributed by atoms with Crippen molar-refractivity contribution >= 4 is 40.3 Å². The largest absolute Gasteiger partial charge is 0.302 e. The monoisotopic (exact) mass is 183 g/mol. The Balaban J connectivity index is 2.97. The van der Waals surface area contributed by atoms with Gasteiger partial charge in [-0.15, -0.1) is 0 Å². The molecule has 0 aliphatic heterocycles. The van der Waals surface area contributed by atoms with E-state index in [4.69, 9.17) is 0 Å². The van der Waals surface area contributed by atoms with E-state index in [-0.39, 0.29) is 5.91 Å². The van der Waals surface area contributed by atoms with Crippen LogP contribution in [0.1, 0.15) is 6.92 Å². The van der Waals surface area contributed by atoms with Crippen LogP contribution in [0.5, 0.6) is 0 Å². The standard InChI is InChI=1S/C4H9NOS3/c1-2-8-9-3-4(6)5-7/h7H,2-3H2,1H3,(H,5,6). The predicted octanol–water partition coefficient (Wildman–Crippen LogP) is 1.35. The van der Waals surface area contributed by atoms with Gasteiger partial charge in [0, 0.05) is 5.75 Å². The Labute approximate surface area is 68.5 Å². The van der Waals surface area contributed by atoms with E-state index < -0.39 is 0 Å². The minimum atomic E-state index is -0.0377. The summed E-state index contributed by atoms with van der Waals surface area (Å²) in [6, 6.07) is 0. The van der Waals surface area contributed by atoms with Crippen molar-refractivity contribution in [1.29, 1.82) is 0 Å². The van der Waals surface area contributed by atoms with E-state index in [9.17, 15) is 4.79 Å². The molecule has 0 aliphatic rings. The van der Waals surface area contributed by atoms with Crippen molar-refractivity contribution in [3.05, 3.63) is 0 Å². The Bertz CT molecular complexity index is 87.9.